The molecule has 0 saturated heterocycles. The van der Waals surface area contributed by atoms with E-state index in [9.17, 15) is 19.0 Å². The molecule has 0 bridgehead atoms. The molecule has 0 amide bonds. The Labute approximate surface area is 144 Å². The molecule has 2 atom stereocenters. The number of fused-ring (bicyclic) bond motifs is 1. The van der Waals surface area contributed by atoms with Crippen molar-refractivity contribution in [2.24, 2.45) is 0 Å². The Balaban J connectivity index is 2.32. The quantitative estimate of drug-likeness (QED) is 0.429. The maximum atomic E-state index is 12.9. The number of rotatable bonds is 9. The maximum absolute atomic E-state index is 12.9. The van der Waals surface area contributed by atoms with Crippen molar-refractivity contribution in [2.45, 2.75) is 37.9 Å². The topological polar surface area (TPSA) is 140 Å². The fourth-order valence-corrected chi connectivity index (χ4v) is 4.93. The maximum Gasteiger partial charge on any atom is 0.304 e. The van der Waals surface area contributed by atoms with Gasteiger partial charge in [-0.1, -0.05) is 25.1 Å². The van der Waals surface area contributed by atoms with E-state index in [4.69, 9.17) is 10.2 Å². The summed E-state index contributed by atoms with van der Waals surface area (Å²) in [6, 6.07) is 6.20. The van der Waals surface area contributed by atoms with Crippen molar-refractivity contribution in [3.05, 3.63) is 36.0 Å². The van der Waals surface area contributed by atoms with Crippen LogP contribution in [0.25, 0.3) is 10.9 Å². The van der Waals surface area contributed by atoms with Crippen LogP contribution in [-0.2, 0) is 14.2 Å². The Kier molecular flexibility index (Phi) is 6.00. The second-order valence-electron chi connectivity index (χ2n) is 5.86. The Morgan fingerprint density at radius 2 is 1.80 bits per heavy atom. The van der Waals surface area contributed by atoms with Gasteiger partial charge < -0.3 is 20.1 Å². The van der Waals surface area contributed by atoms with Crippen molar-refractivity contribution >= 4 is 30.4 Å². The summed E-state index contributed by atoms with van der Waals surface area (Å²) in [5, 5.41) is 21.0. The van der Waals surface area contributed by atoms with Crippen LogP contribution in [0.15, 0.2) is 30.5 Å². The minimum atomic E-state index is -4.06. The molecule has 2 aromatic rings. The fraction of sp³-hybridized carbons (Fsp3) is 0.375. The van der Waals surface area contributed by atoms with Gasteiger partial charge in [0.2, 0.25) is 0 Å². The van der Waals surface area contributed by atoms with Crippen molar-refractivity contribution < 1.29 is 29.3 Å². The van der Waals surface area contributed by atoms with Crippen LogP contribution >= 0.6 is 7.52 Å². The van der Waals surface area contributed by atoms with Crippen molar-refractivity contribution in [3.8, 4) is 0 Å². The SMILES string of the molecule is CCC(c1c[nH]c2ccccc12)P(=O)(O)NC(CC(=O)O)CC(=O)O. The number of carboxylic acid groups (broad SMARTS) is 2. The smallest absolute Gasteiger partial charge is 0.304 e. The third-order valence-corrected chi connectivity index (χ3v) is 6.22. The molecule has 9 heteroatoms. The molecule has 1 aromatic carbocycles. The predicted molar refractivity (Wildman–Crippen MR) is 92.6 cm³/mol. The molecule has 1 heterocycles. The molecule has 0 radical (unpaired) electrons. The number of aromatic nitrogens is 1. The van der Waals surface area contributed by atoms with Crippen LogP contribution in [0.1, 0.15) is 37.4 Å². The molecule has 0 aliphatic carbocycles. The van der Waals surface area contributed by atoms with Crippen LogP contribution in [0.5, 0.6) is 0 Å². The third kappa shape index (κ3) is 4.69. The van der Waals surface area contributed by atoms with Crippen LogP contribution in [-0.4, -0.2) is 38.1 Å². The summed E-state index contributed by atoms with van der Waals surface area (Å²) in [6.07, 6.45) is 0.880. The van der Waals surface area contributed by atoms with E-state index in [0.29, 0.717) is 12.0 Å². The first-order valence-electron chi connectivity index (χ1n) is 7.84. The number of aliphatic carboxylic acids is 2. The summed E-state index contributed by atoms with van der Waals surface area (Å²) in [6.45, 7) is 1.75. The highest BCUT2D eigenvalue weighted by Gasteiger charge is 2.35. The van der Waals surface area contributed by atoms with E-state index in [1.807, 2.05) is 24.3 Å². The molecule has 2 unspecified atom stereocenters. The number of nitrogens with one attached hydrogen (secondary N) is 2. The lowest BCUT2D eigenvalue weighted by atomic mass is 10.1. The minimum Gasteiger partial charge on any atom is -0.481 e. The molecule has 2 rings (SSSR count). The van der Waals surface area contributed by atoms with Gasteiger partial charge in [0, 0.05) is 23.1 Å². The third-order valence-electron chi connectivity index (χ3n) is 4.00. The van der Waals surface area contributed by atoms with Crippen molar-refractivity contribution in [2.75, 3.05) is 0 Å². The summed E-state index contributed by atoms with van der Waals surface area (Å²) in [7, 11) is -4.06. The lowest BCUT2D eigenvalue weighted by Gasteiger charge is -2.26. The number of para-hydroxylation sites is 1. The number of carboxylic acids is 2. The number of benzene rings is 1. The fourth-order valence-electron chi connectivity index (χ4n) is 2.96. The van der Waals surface area contributed by atoms with Gasteiger partial charge >= 0.3 is 11.9 Å². The molecule has 1 aromatic heterocycles. The van der Waals surface area contributed by atoms with E-state index in [1.54, 1.807) is 13.1 Å². The second-order valence-corrected chi connectivity index (χ2v) is 7.99. The van der Waals surface area contributed by atoms with Crippen molar-refractivity contribution in [3.63, 3.8) is 0 Å². The average Bonchev–Trinajstić information content (AvgIpc) is 2.90. The van der Waals surface area contributed by atoms with Crippen LogP contribution in [0, 0.1) is 0 Å². The van der Waals surface area contributed by atoms with Crippen LogP contribution in [0.2, 0.25) is 0 Å². The van der Waals surface area contributed by atoms with Gasteiger partial charge in [-0.15, -0.1) is 0 Å². The van der Waals surface area contributed by atoms with Crippen LogP contribution in [0.4, 0.5) is 0 Å². The highest BCUT2D eigenvalue weighted by atomic mass is 31.2. The van der Waals surface area contributed by atoms with Gasteiger partial charge in [-0.25, -0.2) is 5.09 Å². The number of hydrogen-bond acceptors (Lipinski definition) is 3. The summed E-state index contributed by atoms with van der Waals surface area (Å²) >= 11 is 0. The number of hydrogen-bond donors (Lipinski definition) is 5. The van der Waals surface area contributed by atoms with Gasteiger partial charge in [0.05, 0.1) is 18.5 Å². The molecular formula is C16H21N2O6P. The Morgan fingerprint density at radius 1 is 1.20 bits per heavy atom. The van der Waals surface area contributed by atoms with Crippen molar-refractivity contribution in [1.82, 2.24) is 10.1 Å². The highest BCUT2D eigenvalue weighted by Crippen LogP contribution is 2.55. The summed E-state index contributed by atoms with van der Waals surface area (Å²) < 4.78 is 12.9. The van der Waals surface area contributed by atoms with Gasteiger partial charge in [0.15, 0.2) is 0 Å². The standard InChI is InChI=1S/C16H21N2O6P/c1-2-14(12-9-17-13-6-4-3-5-11(12)13)25(23,24)18-10(7-15(19)20)8-16(21)22/h3-6,9-10,14,17H,2,7-8H2,1H3,(H,19,20)(H,21,22)(H2,18,23,24). The van der Waals surface area contributed by atoms with E-state index < -0.39 is 44.0 Å². The molecule has 0 spiro atoms. The molecule has 0 aliphatic rings. The lowest BCUT2D eigenvalue weighted by molar-refractivity contribution is -0.139. The largest absolute Gasteiger partial charge is 0.481 e. The van der Waals surface area contributed by atoms with Gasteiger partial charge in [-0.3, -0.25) is 14.2 Å². The van der Waals surface area contributed by atoms with Crippen molar-refractivity contribution in [1.29, 1.82) is 0 Å². The van der Waals surface area contributed by atoms with E-state index >= 15 is 0 Å². The van der Waals surface area contributed by atoms with Gasteiger partial charge in [-0.05, 0) is 18.1 Å². The Hall–Kier alpha value is -2.15. The number of H-pyrrole nitrogens is 1. The molecule has 0 aliphatic heterocycles. The molecule has 0 saturated carbocycles. The van der Waals surface area contributed by atoms with Crippen LogP contribution in [0.3, 0.4) is 0 Å². The zero-order valence-corrected chi connectivity index (χ0v) is 14.6. The number of carbonyl (C=O) groups is 2. The first kappa shape index (κ1) is 19.2. The van der Waals surface area contributed by atoms with E-state index in [2.05, 4.69) is 10.1 Å². The summed E-state index contributed by atoms with van der Waals surface area (Å²) in [5.74, 6) is -2.47. The lowest BCUT2D eigenvalue weighted by Crippen LogP contribution is -2.32. The molecule has 0 fully saturated rings. The Bertz CT molecular complexity index is 802. The Morgan fingerprint density at radius 3 is 2.36 bits per heavy atom. The van der Waals surface area contributed by atoms with E-state index in [-0.39, 0.29) is 0 Å². The second kappa shape index (κ2) is 7.82. The number of aromatic amines is 1. The normalized spacial score (nSPS) is 15.2. The van der Waals surface area contributed by atoms with Gasteiger partial charge in [-0.2, -0.15) is 0 Å². The van der Waals surface area contributed by atoms with Crippen LogP contribution < -0.4 is 5.09 Å². The van der Waals surface area contributed by atoms with E-state index in [1.165, 1.54) is 0 Å². The first-order valence-corrected chi connectivity index (χ1v) is 9.57. The van der Waals surface area contributed by atoms with Gasteiger partial charge in [0.1, 0.15) is 0 Å². The predicted octanol–water partition coefficient (Wildman–Crippen LogP) is 2.71. The molecule has 5 N–H and O–H groups in total. The molecule has 136 valence electrons. The molecule has 25 heavy (non-hydrogen) atoms. The van der Waals surface area contributed by atoms with Gasteiger partial charge in [0.25, 0.3) is 7.52 Å². The summed E-state index contributed by atoms with van der Waals surface area (Å²) in [5.41, 5.74) is 0.679. The first-order chi connectivity index (χ1) is 11.7. The zero-order chi connectivity index (χ0) is 18.6. The molecule has 8 nitrogen and oxygen atoms in total. The highest BCUT2D eigenvalue weighted by molar-refractivity contribution is 7.56. The van der Waals surface area contributed by atoms with E-state index in [0.717, 1.165) is 10.9 Å². The summed E-state index contributed by atoms with van der Waals surface area (Å²) in [4.78, 5) is 35.4. The average molecular weight is 368 g/mol. The minimum absolute atomic E-state index is 0.329. The monoisotopic (exact) mass is 368 g/mol. The zero-order valence-electron chi connectivity index (χ0n) is 13.7. The molecular weight excluding hydrogens is 347 g/mol.